The Labute approximate surface area is 81.7 Å². The highest BCUT2D eigenvalue weighted by molar-refractivity contribution is 7.81. The van der Waals surface area contributed by atoms with Gasteiger partial charge in [0.1, 0.15) is 11.5 Å². The second kappa shape index (κ2) is 3.83. The number of ether oxygens (including phenoxy) is 1. The lowest BCUT2D eigenvalue weighted by Gasteiger charge is -2.05. The van der Waals surface area contributed by atoms with Crippen molar-refractivity contribution in [1.29, 1.82) is 0 Å². The van der Waals surface area contributed by atoms with Crippen LogP contribution in [-0.2, 0) is 10.5 Å². The first-order valence-electron chi connectivity index (χ1n) is 3.71. The van der Waals surface area contributed by atoms with Crippen LogP contribution in [0.15, 0.2) is 18.2 Å². The highest BCUT2D eigenvalue weighted by Gasteiger charge is 2.10. The molecule has 0 bridgehead atoms. The summed E-state index contributed by atoms with van der Waals surface area (Å²) in [5.74, 6) is 0.499. The molecule has 0 radical (unpaired) electrons. The first-order chi connectivity index (χ1) is 6.42. The van der Waals surface area contributed by atoms with Gasteiger partial charge in [0.2, 0.25) is 0 Å². The van der Waals surface area contributed by atoms with Crippen LogP contribution in [0.5, 0.6) is 11.5 Å². The molecule has 4 nitrogen and oxygen atoms in total. The summed E-state index contributed by atoms with van der Waals surface area (Å²) < 4.78 is 41.4. The molecular weight excluding hydrogens is 211 g/mol. The van der Waals surface area contributed by atoms with Crippen molar-refractivity contribution in [1.82, 2.24) is 0 Å². The van der Waals surface area contributed by atoms with Gasteiger partial charge in [0, 0.05) is 0 Å². The van der Waals surface area contributed by atoms with Gasteiger partial charge in [-0.25, -0.2) is 0 Å². The van der Waals surface area contributed by atoms with E-state index in [9.17, 15) is 12.3 Å². The Balaban J connectivity index is 2.98. The number of halogens is 1. The van der Waals surface area contributed by atoms with Crippen LogP contribution in [0.2, 0.25) is 0 Å². The summed E-state index contributed by atoms with van der Waals surface area (Å²) in [5.41, 5.74) is 0.661. The molecule has 6 heteroatoms. The molecule has 0 N–H and O–H groups in total. The third-order valence-electron chi connectivity index (χ3n) is 1.56. The lowest BCUT2D eigenvalue weighted by Crippen LogP contribution is -2.01. The second-order valence-electron chi connectivity index (χ2n) is 2.61. The number of hydrogen-bond donors (Lipinski definition) is 0. The van der Waals surface area contributed by atoms with Crippen molar-refractivity contribution < 1.29 is 21.2 Å². The maximum Gasteiger partial charge on any atom is 0.488 e. The topological polar surface area (TPSA) is 52.6 Å². The Morgan fingerprint density at radius 2 is 2.00 bits per heavy atom. The molecule has 0 aliphatic rings. The third kappa shape index (κ3) is 2.88. The van der Waals surface area contributed by atoms with Crippen molar-refractivity contribution in [3.05, 3.63) is 23.8 Å². The summed E-state index contributed by atoms with van der Waals surface area (Å²) >= 11 is 0. The van der Waals surface area contributed by atoms with E-state index in [2.05, 4.69) is 4.18 Å². The van der Waals surface area contributed by atoms with E-state index in [1.165, 1.54) is 25.3 Å². The summed E-state index contributed by atoms with van der Waals surface area (Å²) in [7, 11) is -3.47. The van der Waals surface area contributed by atoms with Crippen LogP contribution in [0.25, 0.3) is 0 Å². The summed E-state index contributed by atoms with van der Waals surface area (Å²) in [6, 6.07) is 4.18. The van der Waals surface area contributed by atoms with Gasteiger partial charge in [-0.3, -0.25) is 0 Å². The molecule has 0 unspecified atom stereocenters. The number of hydrogen-bond acceptors (Lipinski definition) is 4. The number of aryl methyl sites for hydroxylation is 1. The van der Waals surface area contributed by atoms with Crippen LogP contribution in [0.1, 0.15) is 5.56 Å². The van der Waals surface area contributed by atoms with E-state index in [4.69, 9.17) is 4.74 Å². The van der Waals surface area contributed by atoms with Crippen molar-refractivity contribution >= 4 is 10.5 Å². The minimum Gasteiger partial charge on any atom is -0.496 e. The van der Waals surface area contributed by atoms with Gasteiger partial charge < -0.3 is 8.92 Å². The summed E-state index contributed by atoms with van der Waals surface area (Å²) in [6.07, 6.45) is 0. The van der Waals surface area contributed by atoms with Crippen molar-refractivity contribution in [2.24, 2.45) is 0 Å². The van der Waals surface area contributed by atoms with Gasteiger partial charge in [-0.2, -0.15) is 8.42 Å². The number of benzene rings is 1. The SMILES string of the molecule is COc1ccc(OS(=O)(=O)F)cc1C. The Kier molecular flexibility index (Phi) is 2.95. The Hall–Kier alpha value is -1.30. The van der Waals surface area contributed by atoms with Crippen molar-refractivity contribution in [3.63, 3.8) is 0 Å². The Morgan fingerprint density at radius 3 is 2.43 bits per heavy atom. The average molecular weight is 220 g/mol. The van der Waals surface area contributed by atoms with Crippen LogP contribution >= 0.6 is 0 Å². The van der Waals surface area contributed by atoms with E-state index in [-0.39, 0.29) is 5.75 Å². The fourth-order valence-electron chi connectivity index (χ4n) is 1.02. The molecule has 0 heterocycles. The third-order valence-corrected chi connectivity index (χ3v) is 1.95. The van der Waals surface area contributed by atoms with Crippen molar-refractivity contribution in [2.75, 3.05) is 7.11 Å². The lowest BCUT2D eigenvalue weighted by molar-refractivity contribution is 0.409. The molecule has 0 saturated carbocycles. The molecule has 0 amide bonds. The fraction of sp³-hybridized carbons (Fsp3) is 0.250. The van der Waals surface area contributed by atoms with E-state index in [1.807, 2.05) is 0 Å². The van der Waals surface area contributed by atoms with Gasteiger partial charge >= 0.3 is 10.5 Å². The maximum atomic E-state index is 12.1. The van der Waals surface area contributed by atoms with E-state index in [0.717, 1.165) is 0 Å². The van der Waals surface area contributed by atoms with E-state index in [1.54, 1.807) is 6.92 Å². The molecule has 0 spiro atoms. The van der Waals surface area contributed by atoms with Crippen molar-refractivity contribution in [2.45, 2.75) is 6.92 Å². The highest BCUT2D eigenvalue weighted by atomic mass is 32.3. The second-order valence-corrected chi connectivity index (χ2v) is 3.56. The van der Waals surface area contributed by atoms with Gasteiger partial charge in [-0.1, -0.05) is 3.89 Å². The molecule has 0 saturated heterocycles. The van der Waals surface area contributed by atoms with Gasteiger partial charge in [0.25, 0.3) is 0 Å². The van der Waals surface area contributed by atoms with Crippen LogP contribution < -0.4 is 8.92 Å². The normalized spacial score (nSPS) is 11.1. The fourth-order valence-corrected chi connectivity index (χ4v) is 1.35. The van der Waals surface area contributed by atoms with E-state index >= 15 is 0 Å². The largest absolute Gasteiger partial charge is 0.496 e. The van der Waals surface area contributed by atoms with Crippen LogP contribution in [0.4, 0.5) is 3.89 Å². The van der Waals surface area contributed by atoms with Crippen molar-refractivity contribution in [3.8, 4) is 11.5 Å². The predicted octanol–water partition coefficient (Wildman–Crippen LogP) is 1.60. The van der Waals surface area contributed by atoms with E-state index in [0.29, 0.717) is 11.3 Å². The highest BCUT2D eigenvalue weighted by Crippen LogP contribution is 2.23. The van der Waals surface area contributed by atoms with Crippen LogP contribution in [0, 0.1) is 6.92 Å². The summed E-state index contributed by atoms with van der Waals surface area (Å²) in [6.45, 7) is 1.69. The van der Waals surface area contributed by atoms with Gasteiger partial charge in [0.15, 0.2) is 0 Å². The maximum absolute atomic E-state index is 12.1. The standard InChI is InChI=1S/C8H9FO4S/c1-6-5-7(13-14(9,10)11)3-4-8(6)12-2/h3-5H,1-2H3. The molecule has 78 valence electrons. The smallest absolute Gasteiger partial charge is 0.488 e. The molecule has 0 aliphatic heterocycles. The molecular formula is C8H9FO4S. The molecule has 0 aromatic heterocycles. The zero-order valence-corrected chi connectivity index (χ0v) is 8.47. The quantitative estimate of drug-likeness (QED) is 0.726. The molecule has 1 aromatic rings. The molecule has 0 fully saturated rings. The van der Waals surface area contributed by atoms with Crippen LogP contribution in [-0.4, -0.2) is 15.5 Å². The minimum atomic E-state index is -4.95. The lowest BCUT2D eigenvalue weighted by atomic mass is 10.2. The summed E-state index contributed by atoms with van der Waals surface area (Å²) in [5, 5.41) is 0. The molecule has 14 heavy (non-hydrogen) atoms. The zero-order chi connectivity index (χ0) is 10.8. The van der Waals surface area contributed by atoms with Gasteiger partial charge in [-0.05, 0) is 30.7 Å². The minimum absolute atomic E-state index is 0.0780. The first-order valence-corrected chi connectivity index (χ1v) is 5.02. The first kappa shape index (κ1) is 10.8. The number of methoxy groups -OCH3 is 1. The zero-order valence-electron chi connectivity index (χ0n) is 7.65. The van der Waals surface area contributed by atoms with Gasteiger partial charge in [-0.15, -0.1) is 0 Å². The van der Waals surface area contributed by atoms with Gasteiger partial charge in [0.05, 0.1) is 7.11 Å². The monoisotopic (exact) mass is 220 g/mol. The molecule has 1 aromatic carbocycles. The molecule has 0 atom stereocenters. The number of rotatable bonds is 3. The molecule has 1 rings (SSSR count). The predicted molar refractivity (Wildman–Crippen MR) is 48.4 cm³/mol. The van der Waals surface area contributed by atoms with E-state index < -0.39 is 10.5 Å². The molecule has 0 aliphatic carbocycles. The van der Waals surface area contributed by atoms with Crippen LogP contribution in [0.3, 0.4) is 0 Å². The average Bonchev–Trinajstić information content (AvgIpc) is 2.01. The Bertz CT molecular complexity index is 427. The summed E-state index contributed by atoms with van der Waals surface area (Å²) in [4.78, 5) is 0. The Morgan fingerprint density at radius 1 is 1.36 bits per heavy atom.